The van der Waals surface area contributed by atoms with E-state index < -0.39 is 11.9 Å². The van der Waals surface area contributed by atoms with Crippen LogP contribution in [0.2, 0.25) is 0 Å². The summed E-state index contributed by atoms with van der Waals surface area (Å²) in [6.07, 6.45) is -1.78. The molecular weight excluding hydrogens is 309 g/mol. The van der Waals surface area contributed by atoms with E-state index in [1.54, 1.807) is 18.3 Å². The number of hydrogen-bond donors (Lipinski definition) is 2. The fraction of sp³-hybridized carbons (Fsp3) is 0.0667. The van der Waals surface area contributed by atoms with Crippen molar-refractivity contribution in [2.45, 2.75) is 6.18 Å². The molecule has 0 radical (unpaired) electrons. The van der Waals surface area contributed by atoms with E-state index in [1.165, 1.54) is 24.3 Å². The molecule has 0 spiro atoms. The van der Waals surface area contributed by atoms with Gasteiger partial charge in [0.05, 0.1) is 11.9 Å². The fourth-order valence-corrected chi connectivity index (χ4v) is 2.08. The summed E-state index contributed by atoms with van der Waals surface area (Å²) >= 11 is 0. The second kappa shape index (κ2) is 5.64. The number of nitrogens with zero attached hydrogens (tertiary/aromatic N) is 2. The van der Waals surface area contributed by atoms with Gasteiger partial charge in [0.15, 0.2) is 0 Å². The summed E-state index contributed by atoms with van der Waals surface area (Å²) in [6, 6.07) is 10.1. The van der Waals surface area contributed by atoms with Gasteiger partial charge in [0.25, 0.3) is 5.91 Å². The van der Waals surface area contributed by atoms with Gasteiger partial charge in [-0.05, 0) is 42.5 Å². The van der Waals surface area contributed by atoms with Crippen molar-refractivity contribution < 1.29 is 18.0 Å². The molecule has 0 bridgehead atoms. The number of benzene rings is 1. The van der Waals surface area contributed by atoms with E-state index in [0.29, 0.717) is 11.4 Å². The molecule has 0 atom stereocenters. The van der Waals surface area contributed by atoms with Crippen molar-refractivity contribution in [1.29, 1.82) is 0 Å². The molecule has 8 heteroatoms. The molecule has 1 amide bonds. The van der Waals surface area contributed by atoms with Gasteiger partial charge in [-0.25, -0.2) is 4.68 Å². The Kier molecular flexibility index (Phi) is 3.65. The molecule has 118 valence electrons. The minimum absolute atomic E-state index is 0.250. The summed E-state index contributed by atoms with van der Waals surface area (Å²) in [5.41, 5.74) is 0.246. The Balaban J connectivity index is 1.80. The van der Waals surface area contributed by atoms with Crippen molar-refractivity contribution in [1.82, 2.24) is 14.8 Å². The first-order chi connectivity index (χ1) is 10.9. The van der Waals surface area contributed by atoms with Crippen molar-refractivity contribution in [2.75, 3.05) is 5.32 Å². The second-order valence-corrected chi connectivity index (χ2v) is 4.71. The normalized spacial score (nSPS) is 11.4. The second-order valence-electron chi connectivity index (χ2n) is 4.71. The Morgan fingerprint density at radius 2 is 1.87 bits per heavy atom. The Bertz CT molecular complexity index is 804. The number of halogens is 3. The number of anilines is 1. The Labute approximate surface area is 128 Å². The summed E-state index contributed by atoms with van der Waals surface area (Å²) in [6.45, 7) is 0. The molecule has 3 rings (SSSR count). The number of amides is 1. The predicted molar refractivity (Wildman–Crippen MR) is 77.3 cm³/mol. The van der Waals surface area contributed by atoms with E-state index in [-0.39, 0.29) is 11.6 Å². The molecular formula is C15H11F3N4O. The van der Waals surface area contributed by atoms with Crippen LogP contribution in [0.3, 0.4) is 0 Å². The SMILES string of the molecule is O=C(Nc1ccc(-n2nccc2C(F)(F)F)cc1)c1ccc[nH]1. The van der Waals surface area contributed by atoms with E-state index >= 15 is 0 Å². The lowest BCUT2D eigenvalue weighted by Gasteiger charge is -2.11. The maximum Gasteiger partial charge on any atom is 0.433 e. The number of carbonyl (C=O) groups is 1. The van der Waals surface area contributed by atoms with Crippen LogP contribution < -0.4 is 5.32 Å². The highest BCUT2D eigenvalue weighted by Crippen LogP contribution is 2.30. The summed E-state index contributed by atoms with van der Waals surface area (Å²) in [4.78, 5) is 14.6. The molecule has 0 fully saturated rings. The van der Waals surface area contributed by atoms with Crippen LogP contribution in [0.4, 0.5) is 18.9 Å². The zero-order valence-electron chi connectivity index (χ0n) is 11.6. The van der Waals surface area contributed by atoms with Crippen LogP contribution in [0, 0.1) is 0 Å². The highest BCUT2D eigenvalue weighted by molar-refractivity contribution is 6.02. The number of rotatable bonds is 3. The van der Waals surface area contributed by atoms with Gasteiger partial charge < -0.3 is 10.3 Å². The molecule has 0 saturated carbocycles. The van der Waals surface area contributed by atoms with Crippen molar-refractivity contribution in [3.05, 3.63) is 66.2 Å². The van der Waals surface area contributed by atoms with Crippen LogP contribution >= 0.6 is 0 Å². The highest BCUT2D eigenvalue weighted by Gasteiger charge is 2.35. The molecule has 0 aliphatic carbocycles. The minimum atomic E-state index is -4.49. The topological polar surface area (TPSA) is 62.7 Å². The molecule has 2 N–H and O–H groups in total. The zero-order chi connectivity index (χ0) is 16.4. The van der Waals surface area contributed by atoms with Crippen molar-refractivity contribution in [3.8, 4) is 5.69 Å². The molecule has 23 heavy (non-hydrogen) atoms. The molecule has 1 aromatic carbocycles. The molecule has 3 aromatic rings. The van der Waals surface area contributed by atoms with Crippen LogP contribution in [0.5, 0.6) is 0 Å². The maximum atomic E-state index is 12.9. The average molecular weight is 320 g/mol. The number of nitrogens with one attached hydrogen (secondary N) is 2. The van der Waals surface area contributed by atoms with Crippen LogP contribution in [-0.2, 0) is 6.18 Å². The van der Waals surface area contributed by atoms with Gasteiger partial charge in [-0.1, -0.05) is 0 Å². The Morgan fingerprint density at radius 1 is 1.13 bits per heavy atom. The van der Waals surface area contributed by atoms with Crippen LogP contribution in [-0.4, -0.2) is 20.7 Å². The van der Waals surface area contributed by atoms with Crippen molar-refractivity contribution in [3.63, 3.8) is 0 Å². The lowest BCUT2D eigenvalue weighted by Crippen LogP contribution is -2.14. The highest BCUT2D eigenvalue weighted by atomic mass is 19.4. The van der Waals surface area contributed by atoms with E-state index in [1.807, 2.05) is 0 Å². The Hall–Kier alpha value is -3.03. The lowest BCUT2D eigenvalue weighted by atomic mass is 10.2. The summed E-state index contributed by atoms with van der Waals surface area (Å²) in [5.74, 6) is -0.335. The van der Waals surface area contributed by atoms with Crippen molar-refractivity contribution >= 4 is 11.6 Å². The molecule has 5 nitrogen and oxygen atoms in total. The van der Waals surface area contributed by atoms with E-state index in [2.05, 4.69) is 15.4 Å². The third kappa shape index (κ3) is 3.10. The van der Waals surface area contributed by atoms with E-state index in [4.69, 9.17) is 0 Å². The van der Waals surface area contributed by atoms with Gasteiger partial charge in [0.2, 0.25) is 0 Å². The number of carbonyl (C=O) groups excluding carboxylic acids is 1. The third-order valence-corrected chi connectivity index (χ3v) is 3.15. The number of alkyl halides is 3. The summed E-state index contributed by atoms with van der Waals surface area (Å²) < 4.78 is 39.4. The standard InChI is InChI=1S/C15H11F3N4O/c16-15(17,18)13-7-9-20-22(13)11-5-3-10(4-6-11)21-14(23)12-2-1-8-19-12/h1-9,19H,(H,21,23). The zero-order valence-corrected chi connectivity index (χ0v) is 11.6. The fourth-order valence-electron chi connectivity index (χ4n) is 2.08. The average Bonchev–Trinajstić information content (AvgIpc) is 3.19. The van der Waals surface area contributed by atoms with Crippen LogP contribution in [0.15, 0.2) is 54.9 Å². The molecule has 0 aliphatic rings. The van der Waals surface area contributed by atoms with E-state index in [0.717, 1.165) is 16.9 Å². The van der Waals surface area contributed by atoms with Gasteiger partial charge in [-0.2, -0.15) is 18.3 Å². The number of hydrogen-bond acceptors (Lipinski definition) is 2. The van der Waals surface area contributed by atoms with Crippen LogP contribution in [0.1, 0.15) is 16.2 Å². The largest absolute Gasteiger partial charge is 0.433 e. The number of aromatic amines is 1. The van der Waals surface area contributed by atoms with Gasteiger partial charge in [0, 0.05) is 11.9 Å². The predicted octanol–water partition coefficient (Wildman–Crippen LogP) is 3.47. The molecule has 0 saturated heterocycles. The Morgan fingerprint density at radius 3 is 2.48 bits per heavy atom. The summed E-state index contributed by atoms with van der Waals surface area (Å²) in [7, 11) is 0. The van der Waals surface area contributed by atoms with Gasteiger partial charge >= 0.3 is 6.18 Å². The molecule has 2 aromatic heterocycles. The van der Waals surface area contributed by atoms with Gasteiger partial charge in [-0.15, -0.1) is 0 Å². The third-order valence-electron chi connectivity index (χ3n) is 3.15. The summed E-state index contributed by atoms with van der Waals surface area (Å²) in [5, 5.41) is 6.33. The first-order valence-electron chi connectivity index (χ1n) is 6.61. The smallest absolute Gasteiger partial charge is 0.357 e. The molecule has 0 aliphatic heterocycles. The quantitative estimate of drug-likeness (QED) is 0.776. The first kappa shape index (κ1) is 14.9. The number of H-pyrrole nitrogens is 1. The van der Waals surface area contributed by atoms with Gasteiger partial charge in [-0.3, -0.25) is 4.79 Å². The maximum absolute atomic E-state index is 12.9. The molecule has 0 unspecified atom stereocenters. The monoisotopic (exact) mass is 320 g/mol. The lowest BCUT2D eigenvalue weighted by molar-refractivity contribution is -0.142. The molecule has 2 heterocycles. The van der Waals surface area contributed by atoms with Crippen LogP contribution in [0.25, 0.3) is 5.69 Å². The first-order valence-corrected chi connectivity index (χ1v) is 6.61. The number of aromatic nitrogens is 3. The van der Waals surface area contributed by atoms with Gasteiger partial charge in [0.1, 0.15) is 11.4 Å². The van der Waals surface area contributed by atoms with Crippen molar-refractivity contribution in [2.24, 2.45) is 0 Å². The minimum Gasteiger partial charge on any atom is -0.357 e. The van der Waals surface area contributed by atoms with E-state index in [9.17, 15) is 18.0 Å².